The van der Waals surface area contributed by atoms with Gasteiger partial charge in [0, 0.05) is 19.0 Å². The number of nitriles is 1. The Hall–Kier alpha value is -1.42. The van der Waals surface area contributed by atoms with Crippen LogP contribution in [0.15, 0.2) is 18.2 Å². The van der Waals surface area contributed by atoms with E-state index in [4.69, 9.17) is 14.6 Å². The average molecular weight is 316 g/mol. The lowest BCUT2D eigenvalue weighted by molar-refractivity contribution is 0.00578. The van der Waals surface area contributed by atoms with Crippen molar-refractivity contribution < 1.29 is 13.7 Å². The van der Waals surface area contributed by atoms with Gasteiger partial charge < -0.3 is 9.31 Å². The second-order valence-corrected chi connectivity index (χ2v) is 7.46. The number of nitrogens with zero attached hydrogens (tertiary/aromatic N) is 2. The predicted octanol–water partition coefficient (Wildman–Crippen LogP) is 2.05. The first-order valence-corrected chi connectivity index (χ1v) is 7.97. The molecule has 0 atom stereocenters. The third kappa shape index (κ3) is 3.01. The number of hydrogen-bond acceptors (Lipinski definition) is 4. The maximum atomic E-state index is 14.1. The molecular weight excluding hydrogens is 294 g/mol. The van der Waals surface area contributed by atoms with E-state index >= 15 is 0 Å². The van der Waals surface area contributed by atoms with Crippen molar-refractivity contribution in [3.05, 3.63) is 29.6 Å². The minimum absolute atomic E-state index is 0.264. The molecule has 4 nitrogen and oxygen atoms in total. The van der Waals surface area contributed by atoms with Crippen molar-refractivity contribution in [2.24, 2.45) is 0 Å². The second kappa shape index (κ2) is 5.59. The van der Waals surface area contributed by atoms with Crippen LogP contribution in [0.3, 0.4) is 0 Å². The van der Waals surface area contributed by atoms with E-state index in [1.54, 1.807) is 6.07 Å². The third-order valence-electron chi connectivity index (χ3n) is 5.19. The van der Waals surface area contributed by atoms with E-state index in [-0.39, 0.29) is 11.7 Å². The Labute approximate surface area is 137 Å². The first-order chi connectivity index (χ1) is 10.7. The van der Waals surface area contributed by atoms with Gasteiger partial charge in [-0.2, -0.15) is 5.26 Å². The van der Waals surface area contributed by atoms with Gasteiger partial charge in [-0.05, 0) is 50.9 Å². The SMILES string of the molecule is CC1(C)OB(c2cc(F)cc(C3CN(CC#N)C3)c2)OC1(C)C. The molecule has 122 valence electrons. The molecule has 0 radical (unpaired) electrons. The molecule has 2 aliphatic rings. The second-order valence-electron chi connectivity index (χ2n) is 7.46. The highest BCUT2D eigenvalue weighted by atomic mass is 19.1. The van der Waals surface area contributed by atoms with Crippen LogP contribution < -0.4 is 5.46 Å². The largest absolute Gasteiger partial charge is 0.494 e. The number of rotatable bonds is 3. The van der Waals surface area contributed by atoms with E-state index in [1.165, 1.54) is 6.07 Å². The molecule has 0 aliphatic carbocycles. The molecule has 0 spiro atoms. The Kier molecular flexibility index (Phi) is 4.00. The fourth-order valence-corrected chi connectivity index (χ4v) is 3.00. The smallest absolute Gasteiger partial charge is 0.399 e. The quantitative estimate of drug-likeness (QED) is 0.632. The van der Waals surface area contributed by atoms with Crippen molar-refractivity contribution in [1.82, 2.24) is 4.90 Å². The van der Waals surface area contributed by atoms with Crippen LogP contribution in [-0.4, -0.2) is 42.9 Å². The minimum Gasteiger partial charge on any atom is -0.399 e. The summed E-state index contributed by atoms with van der Waals surface area (Å²) >= 11 is 0. The Bertz CT molecular complexity index is 634. The number of benzene rings is 1. The molecule has 0 N–H and O–H groups in total. The van der Waals surface area contributed by atoms with E-state index in [9.17, 15) is 4.39 Å². The van der Waals surface area contributed by atoms with Gasteiger partial charge in [-0.15, -0.1) is 0 Å². The average Bonchev–Trinajstić information content (AvgIpc) is 2.61. The van der Waals surface area contributed by atoms with Gasteiger partial charge in [-0.3, -0.25) is 4.90 Å². The normalized spacial score (nSPS) is 23.6. The molecule has 2 heterocycles. The Morgan fingerprint density at radius 2 is 1.83 bits per heavy atom. The van der Waals surface area contributed by atoms with Gasteiger partial charge in [0.1, 0.15) is 5.82 Å². The number of halogens is 1. The first-order valence-electron chi connectivity index (χ1n) is 7.97. The lowest BCUT2D eigenvalue weighted by atomic mass is 9.76. The van der Waals surface area contributed by atoms with E-state index in [0.29, 0.717) is 6.54 Å². The van der Waals surface area contributed by atoms with Crippen molar-refractivity contribution in [2.45, 2.75) is 44.8 Å². The van der Waals surface area contributed by atoms with Crippen LogP contribution in [0, 0.1) is 17.1 Å². The predicted molar refractivity (Wildman–Crippen MR) is 86.9 cm³/mol. The Morgan fingerprint density at radius 1 is 1.22 bits per heavy atom. The van der Waals surface area contributed by atoms with Gasteiger partial charge in [-0.25, -0.2) is 4.39 Å². The lowest BCUT2D eigenvalue weighted by Gasteiger charge is -2.38. The molecule has 3 rings (SSSR count). The fraction of sp³-hybridized carbons (Fsp3) is 0.588. The Morgan fingerprint density at radius 3 is 2.39 bits per heavy atom. The zero-order valence-corrected chi connectivity index (χ0v) is 14.1. The summed E-state index contributed by atoms with van der Waals surface area (Å²) in [5, 5.41) is 8.70. The van der Waals surface area contributed by atoms with Gasteiger partial charge in [0.2, 0.25) is 0 Å². The van der Waals surface area contributed by atoms with Crippen LogP contribution in [0.2, 0.25) is 0 Å². The van der Waals surface area contributed by atoms with Gasteiger partial charge >= 0.3 is 7.12 Å². The lowest BCUT2D eigenvalue weighted by Crippen LogP contribution is -2.45. The first kappa shape index (κ1) is 16.4. The molecule has 0 saturated carbocycles. The molecule has 2 saturated heterocycles. The van der Waals surface area contributed by atoms with E-state index in [0.717, 1.165) is 24.1 Å². The number of likely N-dealkylation sites (tertiary alicyclic amines) is 1. The highest BCUT2D eigenvalue weighted by Gasteiger charge is 2.51. The monoisotopic (exact) mass is 316 g/mol. The van der Waals surface area contributed by atoms with Gasteiger partial charge in [-0.1, -0.05) is 6.07 Å². The molecule has 2 fully saturated rings. The molecule has 1 aromatic carbocycles. The van der Waals surface area contributed by atoms with Crippen LogP contribution in [0.1, 0.15) is 39.2 Å². The van der Waals surface area contributed by atoms with E-state index < -0.39 is 18.3 Å². The van der Waals surface area contributed by atoms with Crippen LogP contribution in [-0.2, 0) is 9.31 Å². The molecule has 0 unspecified atom stereocenters. The summed E-state index contributed by atoms with van der Waals surface area (Å²) in [6, 6.07) is 7.17. The van der Waals surface area contributed by atoms with Crippen LogP contribution >= 0.6 is 0 Å². The van der Waals surface area contributed by atoms with E-state index in [1.807, 2.05) is 38.7 Å². The maximum Gasteiger partial charge on any atom is 0.494 e. The fourth-order valence-electron chi connectivity index (χ4n) is 3.00. The summed E-state index contributed by atoms with van der Waals surface area (Å²) in [5.74, 6) is -0.00818. The van der Waals surface area contributed by atoms with Crippen molar-refractivity contribution in [2.75, 3.05) is 19.6 Å². The molecule has 23 heavy (non-hydrogen) atoms. The zero-order valence-electron chi connectivity index (χ0n) is 14.1. The summed E-state index contributed by atoms with van der Waals surface area (Å²) in [7, 11) is -0.551. The van der Waals surface area contributed by atoms with Crippen molar-refractivity contribution in [3.8, 4) is 6.07 Å². The van der Waals surface area contributed by atoms with Gasteiger partial charge in [0.15, 0.2) is 0 Å². The number of hydrogen-bond donors (Lipinski definition) is 0. The molecule has 1 aromatic rings. The molecule has 0 amide bonds. The topological polar surface area (TPSA) is 45.5 Å². The summed E-state index contributed by atoms with van der Waals surface area (Å²) in [5.41, 5.74) is 0.787. The standard InChI is InChI=1S/C17H22BFN2O2/c1-16(2)17(3,4)23-18(22-16)14-7-12(8-15(19)9-14)13-10-21(11-13)6-5-20/h7-9,13H,6,10-11H2,1-4H3. The maximum absolute atomic E-state index is 14.1. The van der Waals surface area contributed by atoms with Crippen molar-refractivity contribution >= 4 is 12.6 Å². The van der Waals surface area contributed by atoms with Gasteiger partial charge in [0.05, 0.1) is 23.8 Å². The zero-order chi connectivity index (χ0) is 16.8. The molecule has 0 bridgehead atoms. The highest BCUT2D eigenvalue weighted by Crippen LogP contribution is 2.37. The summed E-state index contributed by atoms with van der Waals surface area (Å²) < 4.78 is 26.1. The van der Waals surface area contributed by atoms with Crippen LogP contribution in [0.5, 0.6) is 0 Å². The van der Waals surface area contributed by atoms with Crippen molar-refractivity contribution in [1.29, 1.82) is 5.26 Å². The summed E-state index contributed by atoms with van der Waals surface area (Å²) in [6.07, 6.45) is 0. The van der Waals surface area contributed by atoms with E-state index in [2.05, 4.69) is 6.07 Å². The third-order valence-corrected chi connectivity index (χ3v) is 5.19. The van der Waals surface area contributed by atoms with Gasteiger partial charge in [0.25, 0.3) is 0 Å². The minimum atomic E-state index is -0.551. The molecule has 6 heteroatoms. The molecular formula is C17H22BFN2O2. The Balaban J connectivity index is 1.79. The summed E-state index contributed by atoms with van der Waals surface area (Å²) in [6.45, 7) is 9.95. The van der Waals surface area contributed by atoms with Crippen molar-refractivity contribution in [3.63, 3.8) is 0 Å². The summed E-state index contributed by atoms with van der Waals surface area (Å²) in [4.78, 5) is 2.05. The molecule has 2 aliphatic heterocycles. The molecule has 0 aromatic heterocycles. The van der Waals surface area contributed by atoms with Crippen LogP contribution in [0.4, 0.5) is 4.39 Å². The highest BCUT2D eigenvalue weighted by molar-refractivity contribution is 6.62. The van der Waals surface area contributed by atoms with Crippen LogP contribution in [0.25, 0.3) is 0 Å².